The summed E-state index contributed by atoms with van der Waals surface area (Å²) in [4.78, 5) is 56.1. The fourth-order valence-corrected chi connectivity index (χ4v) is 8.05. The van der Waals surface area contributed by atoms with Crippen molar-refractivity contribution in [2.75, 3.05) is 18.4 Å². The standard InChI is InChI=1S/C23H20ClF3N6O3S.C20H17F3N8O/c1-13-3-5-15(6-4-13)37(35,36)33-11-17(16-7-14(24)8-30-20(16)33)18-9-29-10-19(32-18)22(2,21(28)34)31-12-23(25,26)27;1-11(27-10-20(21,22)23)19(32)30-17-8-24-7-16(29-17)15-6-26-18-14(15)3-12(4-25-18)13-5-28-31(2)9-13/h3-11,31H,12H2,1-2H3,(H2,28,34);3-9H,10H2,1-2H3,(H,25,26)(H,29,30,32)/t22-;/m0./s1. The lowest BCUT2D eigenvalue weighted by Crippen LogP contribution is -2.53. The number of hydrogen-bond donors (Lipinski definition) is 4. The van der Waals surface area contributed by atoms with Crippen LogP contribution in [0.15, 0.2) is 108 Å². The van der Waals surface area contributed by atoms with Crippen molar-refractivity contribution < 1.29 is 44.3 Å². The van der Waals surface area contributed by atoms with Gasteiger partial charge in [-0.25, -0.2) is 32.3 Å². The van der Waals surface area contributed by atoms with Gasteiger partial charge < -0.3 is 16.0 Å². The molecule has 0 bridgehead atoms. The molecule has 0 unspecified atom stereocenters. The highest BCUT2D eigenvalue weighted by Crippen LogP contribution is 2.34. The van der Waals surface area contributed by atoms with Gasteiger partial charge in [0, 0.05) is 71.1 Å². The number of nitrogens with one attached hydrogen (secondary N) is 3. The van der Waals surface area contributed by atoms with Crippen molar-refractivity contribution in [2.45, 2.75) is 43.6 Å². The Labute approximate surface area is 392 Å². The smallest absolute Gasteiger partial charge is 0.368 e. The number of fused-ring (bicyclic) bond motifs is 2. The predicted molar refractivity (Wildman–Crippen MR) is 242 cm³/mol. The van der Waals surface area contributed by atoms with Crippen molar-refractivity contribution in [3.05, 3.63) is 115 Å². The molecule has 0 aliphatic rings. The number of benzene rings is 1. The number of amides is 2. The Morgan fingerprint density at radius 3 is 2.20 bits per heavy atom. The SMILES string of the molecule is CC(=NCC(F)(F)F)C(=O)Nc1cncc(-c2c[nH]c3ncc(-c4cnn(C)c4)cc23)n1.Cc1ccc(S(=O)(=O)n2cc(-c3cncc([C@](C)(NCC(F)(F)F)C(N)=O)n3)c3cc(Cl)cnc32)cc1. The average Bonchev–Trinajstić information content (AvgIpc) is 4.04. The number of nitrogens with zero attached hydrogens (tertiary/aromatic N) is 10. The third-order valence-electron chi connectivity index (χ3n) is 10.3. The number of hydrogen-bond acceptors (Lipinski definition) is 13. The quantitative estimate of drug-likeness (QED) is 0.0719. The number of primary amides is 1. The van der Waals surface area contributed by atoms with Gasteiger partial charge in [0.15, 0.2) is 11.5 Å². The van der Waals surface area contributed by atoms with Gasteiger partial charge in [-0.2, -0.15) is 31.4 Å². The average molecular weight is 995 g/mol. The maximum atomic E-state index is 13.5. The third kappa shape index (κ3) is 11.2. The van der Waals surface area contributed by atoms with Gasteiger partial charge >= 0.3 is 12.4 Å². The van der Waals surface area contributed by atoms with Gasteiger partial charge in [0.05, 0.1) is 70.2 Å². The molecule has 0 fully saturated rings. The number of rotatable bonds is 12. The van der Waals surface area contributed by atoms with Gasteiger partial charge in [0.1, 0.15) is 17.7 Å². The number of aliphatic imine (C=N–C) groups is 1. The minimum atomic E-state index is -4.62. The normalized spacial score (nSPS) is 13.2. The van der Waals surface area contributed by atoms with Crippen LogP contribution in [0.2, 0.25) is 5.02 Å². The summed E-state index contributed by atoms with van der Waals surface area (Å²) >= 11 is 6.13. The molecule has 0 aliphatic heterocycles. The highest BCUT2D eigenvalue weighted by atomic mass is 35.5. The molecule has 0 aliphatic carbocycles. The summed E-state index contributed by atoms with van der Waals surface area (Å²) in [6.07, 6.45) is 5.67. The molecule has 26 heteroatoms. The number of carbonyl (C=O) groups is 2. The van der Waals surface area contributed by atoms with E-state index in [0.717, 1.165) is 39.2 Å². The molecule has 18 nitrogen and oxygen atoms in total. The Hall–Kier alpha value is -7.64. The fraction of sp³-hybridized carbons (Fsp3) is 0.209. The van der Waals surface area contributed by atoms with E-state index < -0.39 is 52.8 Å². The molecule has 8 rings (SSSR count). The fourth-order valence-electron chi connectivity index (χ4n) is 6.57. The number of pyridine rings is 2. The monoisotopic (exact) mass is 994 g/mol. The predicted octanol–water partition coefficient (Wildman–Crippen LogP) is 6.93. The van der Waals surface area contributed by atoms with Crippen molar-refractivity contribution in [1.82, 2.24) is 54.0 Å². The van der Waals surface area contributed by atoms with Gasteiger partial charge in [0.2, 0.25) is 5.91 Å². The Bertz CT molecular complexity index is 3370. The van der Waals surface area contributed by atoms with Crippen LogP contribution in [0, 0.1) is 6.92 Å². The minimum Gasteiger partial charge on any atom is -0.368 e. The summed E-state index contributed by atoms with van der Waals surface area (Å²) < 4.78 is 105. The number of aryl methyl sites for hydroxylation is 2. The van der Waals surface area contributed by atoms with Gasteiger partial charge in [-0.05, 0) is 45.0 Å². The van der Waals surface area contributed by atoms with E-state index in [4.69, 9.17) is 17.3 Å². The summed E-state index contributed by atoms with van der Waals surface area (Å²) in [5, 5.41) is 9.96. The lowest BCUT2D eigenvalue weighted by atomic mass is 9.96. The van der Waals surface area contributed by atoms with Crippen LogP contribution in [0.3, 0.4) is 0 Å². The summed E-state index contributed by atoms with van der Waals surface area (Å²) in [6, 6.07) is 9.62. The molecule has 1 atom stereocenters. The molecule has 1 aromatic carbocycles. The molecule has 8 aromatic rings. The van der Waals surface area contributed by atoms with Crippen molar-refractivity contribution >= 4 is 67.0 Å². The first-order chi connectivity index (χ1) is 32.4. The Balaban J connectivity index is 0.000000206. The Morgan fingerprint density at radius 1 is 0.855 bits per heavy atom. The molecule has 5 N–H and O–H groups in total. The van der Waals surface area contributed by atoms with E-state index in [9.17, 15) is 44.3 Å². The second-order valence-electron chi connectivity index (χ2n) is 15.4. The topological polar surface area (TPSA) is 247 Å². The zero-order valence-electron chi connectivity index (χ0n) is 36.4. The number of anilines is 1. The number of halogens is 7. The van der Waals surface area contributed by atoms with E-state index in [0.29, 0.717) is 22.3 Å². The van der Waals surface area contributed by atoms with E-state index in [1.54, 1.807) is 35.4 Å². The van der Waals surface area contributed by atoms with Crippen LogP contribution in [0.1, 0.15) is 25.1 Å². The highest BCUT2D eigenvalue weighted by molar-refractivity contribution is 7.90. The lowest BCUT2D eigenvalue weighted by Gasteiger charge is -2.27. The summed E-state index contributed by atoms with van der Waals surface area (Å²) in [7, 11) is -2.29. The van der Waals surface area contributed by atoms with Crippen LogP contribution >= 0.6 is 11.6 Å². The molecular weight excluding hydrogens is 958 g/mol. The van der Waals surface area contributed by atoms with Crippen LogP contribution in [-0.4, -0.2) is 100 Å². The molecule has 69 heavy (non-hydrogen) atoms. The van der Waals surface area contributed by atoms with E-state index in [1.165, 1.54) is 56.1 Å². The van der Waals surface area contributed by atoms with Crippen LogP contribution in [0.5, 0.6) is 0 Å². The van der Waals surface area contributed by atoms with Gasteiger partial charge in [-0.1, -0.05) is 29.3 Å². The number of H-pyrrole nitrogens is 1. The van der Waals surface area contributed by atoms with Crippen LogP contribution in [0.25, 0.3) is 55.7 Å². The lowest BCUT2D eigenvalue weighted by molar-refractivity contribution is -0.136. The zero-order valence-corrected chi connectivity index (χ0v) is 38.0. The van der Waals surface area contributed by atoms with Crippen molar-refractivity contribution in [3.8, 4) is 33.6 Å². The maximum Gasteiger partial charge on any atom is 0.407 e. The largest absolute Gasteiger partial charge is 0.407 e. The molecule has 7 aromatic heterocycles. The summed E-state index contributed by atoms with van der Waals surface area (Å²) in [5.74, 6) is -1.82. The Morgan fingerprint density at radius 2 is 1.55 bits per heavy atom. The van der Waals surface area contributed by atoms with Crippen molar-refractivity contribution in [3.63, 3.8) is 0 Å². The Kier molecular flexibility index (Phi) is 13.7. The first-order valence-corrected chi connectivity index (χ1v) is 21.8. The number of nitrogens with two attached hydrogens (primary N) is 1. The van der Waals surface area contributed by atoms with Crippen molar-refractivity contribution in [1.29, 1.82) is 0 Å². The van der Waals surface area contributed by atoms with E-state index in [-0.39, 0.29) is 44.0 Å². The third-order valence-corrected chi connectivity index (χ3v) is 12.1. The second kappa shape index (κ2) is 19.2. The molecule has 0 saturated carbocycles. The molecule has 0 spiro atoms. The van der Waals surface area contributed by atoms with Crippen LogP contribution < -0.4 is 16.4 Å². The van der Waals surface area contributed by atoms with E-state index in [1.807, 2.05) is 26.2 Å². The molecule has 0 radical (unpaired) electrons. The number of aromatic amines is 1. The number of carbonyl (C=O) groups excluding carboxylic acids is 2. The van der Waals surface area contributed by atoms with Gasteiger partial charge in [-0.15, -0.1) is 0 Å². The minimum absolute atomic E-state index is 0.00999. The first kappa shape index (κ1) is 49.3. The summed E-state index contributed by atoms with van der Waals surface area (Å²) in [6.45, 7) is 1.23. The number of aromatic nitrogens is 10. The molecule has 7 heterocycles. The number of alkyl halides is 6. The van der Waals surface area contributed by atoms with Gasteiger partial charge in [-0.3, -0.25) is 34.5 Å². The first-order valence-electron chi connectivity index (χ1n) is 20.0. The van der Waals surface area contributed by atoms with Crippen molar-refractivity contribution in [2.24, 2.45) is 17.8 Å². The second-order valence-corrected chi connectivity index (χ2v) is 17.7. The molecule has 2 amide bonds. The maximum absolute atomic E-state index is 13.5. The zero-order chi connectivity index (χ0) is 50.1. The molecule has 0 saturated heterocycles. The van der Waals surface area contributed by atoms with Crippen LogP contribution in [-0.2, 0) is 32.2 Å². The van der Waals surface area contributed by atoms with Gasteiger partial charge in [0.25, 0.3) is 15.9 Å². The summed E-state index contributed by atoms with van der Waals surface area (Å²) in [5.41, 5.74) is 7.62. The van der Waals surface area contributed by atoms with Crippen LogP contribution in [0.4, 0.5) is 32.2 Å². The highest BCUT2D eigenvalue weighted by Gasteiger charge is 2.40. The van der Waals surface area contributed by atoms with E-state index in [2.05, 4.69) is 55.6 Å². The molecular formula is C43H37ClF6N14O4S. The molecule has 358 valence electrons. The van der Waals surface area contributed by atoms with E-state index >= 15 is 0 Å².